The van der Waals surface area contributed by atoms with E-state index >= 15 is 0 Å². The first kappa shape index (κ1) is 26.1. The van der Waals surface area contributed by atoms with Crippen molar-refractivity contribution in [2.24, 2.45) is 0 Å². The third-order valence-corrected chi connectivity index (χ3v) is 8.19. The zero-order chi connectivity index (χ0) is 26.9. The Labute approximate surface area is 220 Å². The van der Waals surface area contributed by atoms with Gasteiger partial charge in [-0.25, -0.2) is 22.2 Å². The van der Waals surface area contributed by atoms with Crippen molar-refractivity contribution in [2.75, 3.05) is 24.1 Å². The maximum Gasteiger partial charge on any atom is 0.237 e. The second-order valence-electron chi connectivity index (χ2n) is 9.98. The van der Waals surface area contributed by atoms with Gasteiger partial charge in [-0.15, -0.1) is 0 Å². The first-order chi connectivity index (χ1) is 18.1. The molecule has 4 aromatic rings. The van der Waals surface area contributed by atoms with E-state index in [1.54, 1.807) is 12.3 Å². The Morgan fingerprint density at radius 1 is 1.03 bits per heavy atom. The van der Waals surface area contributed by atoms with Crippen molar-refractivity contribution < 1.29 is 17.2 Å². The van der Waals surface area contributed by atoms with E-state index in [0.29, 0.717) is 40.5 Å². The Kier molecular flexibility index (Phi) is 7.31. The van der Waals surface area contributed by atoms with Crippen LogP contribution in [0, 0.1) is 11.6 Å². The summed E-state index contributed by atoms with van der Waals surface area (Å²) in [5, 5.41) is 4.22. The number of halogens is 2. The van der Waals surface area contributed by atoms with Crippen LogP contribution in [-0.4, -0.2) is 54.4 Å². The molecule has 1 saturated carbocycles. The van der Waals surface area contributed by atoms with Crippen LogP contribution in [0.25, 0.3) is 22.3 Å². The van der Waals surface area contributed by atoms with Crippen LogP contribution in [0.5, 0.6) is 0 Å². The van der Waals surface area contributed by atoms with Crippen molar-refractivity contribution in [3.63, 3.8) is 0 Å². The molecule has 0 aliphatic heterocycles. The van der Waals surface area contributed by atoms with Crippen molar-refractivity contribution in [3.8, 4) is 11.3 Å². The van der Waals surface area contributed by atoms with Gasteiger partial charge in [0.1, 0.15) is 17.3 Å². The number of aromatic amines is 1. The van der Waals surface area contributed by atoms with Crippen LogP contribution in [0.1, 0.15) is 31.2 Å². The van der Waals surface area contributed by atoms with Crippen LogP contribution in [0.4, 0.5) is 20.4 Å². The molecule has 2 aromatic heterocycles. The summed E-state index contributed by atoms with van der Waals surface area (Å²) in [7, 11) is 0.341. The molecule has 1 aliphatic carbocycles. The van der Waals surface area contributed by atoms with Gasteiger partial charge in [0.25, 0.3) is 0 Å². The lowest BCUT2D eigenvalue weighted by Crippen LogP contribution is -2.36. The number of sulfonamides is 1. The summed E-state index contributed by atoms with van der Waals surface area (Å²) in [6, 6.07) is 12.1. The van der Waals surface area contributed by atoms with Gasteiger partial charge in [0.15, 0.2) is 0 Å². The number of fused-ring (bicyclic) bond motifs is 1. The molecule has 0 radical (unpaired) electrons. The molecule has 38 heavy (non-hydrogen) atoms. The highest BCUT2D eigenvalue weighted by Gasteiger charge is 2.23. The first-order valence-corrected chi connectivity index (χ1v) is 14.1. The monoisotopic (exact) mass is 540 g/mol. The molecule has 1 fully saturated rings. The minimum Gasteiger partial charge on any atom is -0.351 e. The van der Waals surface area contributed by atoms with E-state index in [-0.39, 0.29) is 5.69 Å². The molecule has 3 N–H and O–H groups in total. The number of aromatic nitrogens is 3. The lowest BCUT2D eigenvalue weighted by atomic mass is 9.91. The second-order valence-corrected chi connectivity index (χ2v) is 11.7. The van der Waals surface area contributed by atoms with Crippen molar-refractivity contribution in [1.29, 1.82) is 0 Å². The molecule has 0 bridgehead atoms. The Bertz CT molecular complexity index is 1530. The van der Waals surface area contributed by atoms with E-state index in [9.17, 15) is 17.2 Å². The Hall–Kier alpha value is -3.57. The smallest absolute Gasteiger partial charge is 0.237 e. The fraction of sp³-hybridized carbons (Fsp3) is 0.333. The molecule has 0 amide bonds. The second kappa shape index (κ2) is 10.7. The summed E-state index contributed by atoms with van der Waals surface area (Å²) in [5.74, 6) is -1.02. The molecule has 8 nitrogen and oxygen atoms in total. The Balaban J connectivity index is 1.27. The number of rotatable bonds is 8. The number of hydrogen-bond acceptors (Lipinski definition) is 6. The van der Waals surface area contributed by atoms with Crippen LogP contribution in [0.2, 0.25) is 0 Å². The predicted molar refractivity (Wildman–Crippen MR) is 145 cm³/mol. The normalized spacial score (nSPS) is 18.1. The molecule has 0 unspecified atom stereocenters. The van der Waals surface area contributed by atoms with Gasteiger partial charge in [-0.3, -0.25) is 4.72 Å². The summed E-state index contributed by atoms with van der Waals surface area (Å²) in [6.07, 6.45) is 6.09. The highest BCUT2D eigenvalue weighted by molar-refractivity contribution is 7.91. The summed E-state index contributed by atoms with van der Waals surface area (Å²) < 4.78 is 55.2. The Morgan fingerprint density at radius 2 is 1.76 bits per heavy atom. The van der Waals surface area contributed by atoms with Crippen molar-refractivity contribution >= 4 is 32.7 Å². The number of benzene rings is 2. The maximum atomic E-state index is 14.9. The quantitative estimate of drug-likeness (QED) is 0.286. The number of hydrogen-bond donors (Lipinski definition) is 3. The minimum atomic E-state index is -3.89. The molecule has 200 valence electrons. The fourth-order valence-corrected chi connectivity index (χ4v) is 6.03. The number of anilines is 2. The Morgan fingerprint density at radius 3 is 2.45 bits per heavy atom. The van der Waals surface area contributed by atoms with Crippen LogP contribution in [-0.2, 0) is 15.8 Å². The highest BCUT2D eigenvalue weighted by Crippen LogP contribution is 2.28. The van der Waals surface area contributed by atoms with E-state index in [4.69, 9.17) is 0 Å². The average Bonchev–Trinajstić information content (AvgIpc) is 3.30. The van der Waals surface area contributed by atoms with Gasteiger partial charge < -0.3 is 15.2 Å². The van der Waals surface area contributed by atoms with Crippen LogP contribution < -0.4 is 10.0 Å². The lowest BCUT2D eigenvalue weighted by Gasteiger charge is -2.32. The van der Waals surface area contributed by atoms with Crippen molar-refractivity contribution in [3.05, 3.63) is 71.9 Å². The van der Waals surface area contributed by atoms with Crippen LogP contribution in [0.15, 0.2) is 54.7 Å². The predicted octanol–water partition coefficient (Wildman–Crippen LogP) is 5.13. The standard InChI is InChI=1S/C27H30F2N6O2S/c1-35(2)22-10-8-21(9-11-22)31-27-30-15-19-14-25(32-26(19)33-27)18-5-12-24(23(29)13-18)34-38(36,37)16-17-3-6-20(28)7-4-17/h3-7,12-15,21-22,34H,8-11,16H2,1-2H3,(H2,30,31,32,33). The zero-order valence-electron chi connectivity index (χ0n) is 21.2. The molecule has 1 aliphatic rings. The van der Waals surface area contributed by atoms with E-state index in [2.05, 4.69) is 44.0 Å². The van der Waals surface area contributed by atoms with Crippen LogP contribution in [0.3, 0.4) is 0 Å². The number of nitrogens with one attached hydrogen (secondary N) is 3. The minimum absolute atomic E-state index is 0.165. The summed E-state index contributed by atoms with van der Waals surface area (Å²) in [5.41, 5.74) is 2.03. The molecule has 2 aromatic carbocycles. The summed E-state index contributed by atoms with van der Waals surface area (Å²) >= 11 is 0. The number of nitrogens with zero attached hydrogens (tertiary/aromatic N) is 3. The molecular weight excluding hydrogens is 510 g/mol. The molecule has 11 heteroatoms. The van der Waals surface area contributed by atoms with Gasteiger partial charge in [0.2, 0.25) is 16.0 Å². The van der Waals surface area contributed by atoms with Gasteiger partial charge in [-0.2, -0.15) is 4.98 Å². The topological polar surface area (TPSA) is 103 Å². The van der Waals surface area contributed by atoms with E-state index in [1.807, 2.05) is 6.07 Å². The molecule has 0 atom stereocenters. The lowest BCUT2D eigenvalue weighted by molar-refractivity contribution is 0.221. The van der Waals surface area contributed by atoms with Crippen molar-refractivity contribution in [2.45, 2.75) is 43.5 Å². The zero-order valence-corrected chi connectivity index (χ0v) is 22.0. The molecular formula is C27H30F2N6O2S. The molecule has 0 spiro atoms. The van der Waals surface area contributed by atoms with Gasteiger partial charge in [0, 0.05) is 34.9 Å². The maximum absolute atomic E-state index is 14.9. The van der Waals surface area contributed by atoms with Gasteiger partial charge >= 0.3 is 0 Å². The molecule has 2 heterocycles. The van der Waals surface area contributed by atoms with E-state index < -0.39 is 27.4 Å². The van der Waals surface area contributed by atoms with Gasteiger partial charge in [-0.1, -0.05) is 18.2 Å². The third kappa shape index (κ3) is 6.11. The van der Waals surface area contributed by atoms with Crippen LogP contribution >= 0.6 is 0 Å². The van der Waals surface area contributed by atoms with Gasteiger partial charge in [0.05, 0.1) is 11.4 Å². The van der Waals surface area contributed by atoms with E-state index in [0.717, 1.165) is 31.1 Å². The third-order valence-electron chi connectivity index (χ3n) is 6.95. The molecule has 0 saturated heterocycles. The SMILES string of the molecule is CN(C)C1CCC(Nc2ncc3cc(-c4ccc(NS(=O)(=O)Cc5ccc(F)cc5)c(F)c4)[nH]c3n2)CC1. The summed E-state index contributed by atoms with van der Waals surface area (Å²) in [6.45, 7) is 0. The number of H-pyrrole nitrogens is 1. The van der Waals surface area contributed by atoms with Crippen molar-refractivity contribution in [1.82, 2.24) is 19.9 Å². The van der Waals surface area contributed by atoms with Gasteiger partial charge in [-0.05, 0) is 75.7 Å². The molecule has 5 rings (SSSR count). The fourth-order valence-electron chi connectivity index (χ4n) is 4.83. The largest absolute Gasteiger partial charge is 0.351 e. The first-order valence-electron chi connectivity index (χ1n) is 12.5. The van der Waals surface area contributed by atoms with E-state index in [1.165, 1.54) is 36.4 Å². The summed E-state index contributed by atoms with van der Waals surface area (Å²) in [4.78, 5) is 14.5. The highest BCUT2D eigenvalue weighted by atomic mass is 32.2. The average molecular weight is 541 g/mol.